The van der Waals surface area contributed by atoms with Crippen LogP contribution in [0.3, 0.4) is 0 Å². The van der Waals surface area contributed by atoms with Gasteiger partial charge in [-0.25, -0.2) is 0 Å². The molecule has 0 fully saturated rings. The van der Waals surface area contributed by atoms with Gasteiger partial charge >= 0.3 is 0 Å². The summed E-state index contributed by atoms with van der Waals surface area (Å²) >= 11 is 3.40. The molecule has 1 atom stereocenters. The topological polar surface area (TPSA) is 48.1 Å². The average molecular weight is 321 g/mol. The van der Waals surface area contributed by atoms with Gasteiger partial charge < -0.3 is 10.5 Å². The van der Waals surface area contributed by atoms with E-state index in [2.05, 4.69) is 27.0 Å². The van der Waals surface area contributed by atoms with Crippen LogP contribution in [-0.4, -0.2) is 4.98 Å². The highest BCUT2D eigenvalue weighted by atomic mass is 79.9. The Morgan fingerprint density at radius 3 is 2.74 bits per heavy atom. The van der Waals surface area contributed by atoms with Gasteiger partial charge in [-0.3, -0.25) is 4.98 Å². The number of ether oxygens (including phenoxy) is 1. The molecule has 0 aliphatic carbocycles. The molecule has 0 bridgehead atoms. The summed E-state index contributed by atoms with van der Waals surface area (Å²) in [7, 11) is 0. The second-order valence-corrected chi connectivity index (χ2v) is 5.53. The molecule has 4 heteroatoms. The number of halogens is 1. The highest BCUT2D eigenvalue weighted by Crippen LogP contribution is 2.23. The predicted molar refractivity (Wildman–Crippen MR) is 80.1 cm³/mol. The van der Waals surface area contributed by atoms with Crippen molar-refractivity contribution in [2.45, 2.75) is 26.5 Å². The van der Waals surface area contributed by atoms with Gasteiger partial charge in [0.2, 0.25) is 0 Å². The van der Waals surface area contributed by atoms with Crippen molar-refractivity contribution < 1.29 is 4.74 Å². The Balaban J connectivity index is 2.07. The summed E-state index contributed by atoms with van der Waals surface area (Å²) < 4.78 is 6.77. The average Bonchev–Trinajstić information content (AvgIpc) is 2.37. The fraction of sp³-hybridized carbons (Fsp3) is 0.267. The van der Waals surface area contributed by atoms with Crippen molar-refractivity contribution in [1.82, 2.24) is 4.98 Å². The number of rotatable bonds is 4. The summed E-state index contributed by atoms with van der Waals surface area (Å²) in [6.07, 6.45) is 3.56. The molecular weight excluding hydrogens is 304 g/mol. The van der Waals surface area contributed by atoms with E-state index in [4.69, 9.17) is 10.5 Å². The first-order valence-electron chi connectivity index (χ1n) is 6.14. The summed E-state index contributed by atoms with van der Waals surface area (Å²) in [4.78, 5) is 4.11. The summed E-state index contributed by atoms with van der Waals surface area (Å²) in [5.74, 6) is 0.879. The Morgan fingerprint density at radius 2 is 2.11 bits per heavy atom. The van der Waals surface area contributed by atoms with Gasteiger partial charge in [0.1, 0.15) is 12.4 Å². The van der Waals surface area contributed by atoms with Gasteiger partial charge in [0, 0.05) is 28.5 Å². The van der Waals surface area contributed by atoms with Gasteiger partial charge in [0.25, 0.3) is 0 Å². The first-order chi connectivity index (χ1) is 9.06. The number of aromatic nitrogens is 1. The zero-order valence-corrected chi connectivity index (χ0v) is 12.6. The van der Waals surface area contributed by atoms with Gasteiger partial charge in [-0.05, 0) is 53.0 Å². The van der Waals surface area contributed by atoms with E-state index in [9.17, 15) is 0 Å². The highest BCUT2D eigenvalue weighted by molar-refractivity contribution is 9.10. The van der Waals surface area contributed by atoms with Crippen LogP contribution in [0.4, 0.5) is 0 Å². The standard InChI is InChI=1S/C15H17BrN2O/c1-10-5-13(11(2)17)3-4-15(10)19-9-12-6-14(16)8-18-7-12/h3-8,11H,9,17H2,1-2H3/t11-/m0/s1. The third kappa shape index (κ3) is 3.78. The van der Waals surface area contributed by atoms with Crippen LogP contribution in [0, 0.1) is 6.92 Å². The summed E-state index contributed by atoms with van der Waals surface area (Å²) in [5.41, 5.74) is 9.11. The molecular formula is C15H17BrN2O. The van der Waals surface area contributed by atoms with Crippen LogP contribution >= 0.6 is 15.9 Å². The lowest BCUT2D eigenvalue weighted by atomic mass is 10.1. The van der Waals surface area contributed by atoms with Gasteiger partial charge in [-0.1, -0.05) is 12.1 Å². The third-order valence-corrected chi connectivity index (χ3v) is 3.31. The van der Waals surface area contributed by atoms with E-state index in [0.717, 1.165) is 26.9 Å². The Labute approximate surface area is 121 Å². The molecule has 1 aromatic heterocycles. The minimum Gasteiger partial charge on any atom is -0.489 e. The fourth-order valence-corrected chi connectivity index (χ4v) is 2.23. The van der Waals surface area contributed by atoms with Crippen molar-refractivity contribution in [1.29, 1.82) is 0 Å². The highest BCUT2D eigenvalue weighted by Gasteiger charge is 2.05. The van der Waals surface area contributed by atoms with Crippen molar-refractivity contribution in [3.05, 3.63) is 57.8 Å². The predicted octanol–water partition coefficient (Wildman–Crippen LogP) is 3.75. The smallest absolute Gasteiger partial charge is 0.122 e. The second kappa shape index (κ2) is 6.17. The van der Waals surface area contributed by atoms with Crippen LogP contribution in [0.5, 0.6) is 5.75 Å². The van der Waals surface area contributed by atoms with E-state index in [1.165, 1.54) is 0 Å². The Kier molecular flexibility index (Phi) is 4.56. The molecule has 0 aliphatic rings. The minimum absolute atomic E-state index is 0.0435. The molecule has 0 aliphatic heterocycles. The van der Waals surface area contributed by atoms with E-state index in [1.54, 1.807) is 12.4 Å². The molecule has 19 heavy (non-hydrogen) atoms. The van der Waals surface area contributed by atoms with E-state index < -0.39 is 0 Å². The Bertz CT molecular complexity index is 570. The van der Waals surface area contributed by atoms with Gasteiger partial charge in [0.15, 0.2) is 0 Å². The Morgan fingerprint density at radius 1 is 1.32 bits per heavy atom. The Hall–Kier alpha value is -1.39. The largest absolute Gasteiger partial charge is 0.489 e. The first kappa shape index (κ1) is 14.0. The number of nitrogens with zero attached hydrogens (tertiary/aromatic N) is 1. The minimum atomic E-state index is 0.0435. The van der Waals surface area contributed by atoms with Crippen LogP contribution in [0.25, 0.3) is 0 Å². The lowest BCUT2D eigenvalue weighted by Crippen LogP contribution is -2.05. The van der Waals surface area contributed by atoms with Crippen LogP contribution in [0.1, 0.15) is 29.7 Å². The van der Waals surface area contributed by atoms with Crippen molar-refractivity contribution in [2.75, 3.05) is 0 Å². The summed E-state index contributed by atoms with van der Waals surface area (Å²) in [6.45, 7) is 4.51. The zero-order chi connectivity index (χ0) is 13.8. The van der Waals surface area contributed by atoms with Crippen LogP contribution in [0.15, 0.2) is 41.1 Å². The SMILES string of the molecule is Cc1cc([C@H](C)N)ccc1OCc1cncc(Br)c1. The van der Waals surface area contributed by atoms with Crippen molar-refractivity contribution in [2.24, 2.45) is 5.73 Å². The van der Waals surface area contributed by atoms with Gasteiger partial charge in [-0.2, -0.15) is 0 Å². The van der Waals surface area contributed by atoms with E-state index in [1.807, 2.05) is 32.0 Å². The van der Waals surface area contributed by atoms with Gasteiger partial charge in [-0.15, -0.1) is 0 Å². The fourth-order valence-electron chi connectivity index (χ4n) is 1.81. The quantitative estimate of drug-likeness (QED) is 0.933. The molecule has 0 amide bonds. The summed E-state index contributed by atoms with van der Waals surface area (Å²) in [5, 5.41) is 0. The molecule has 0 saturated heterocycles. The number of benzene rings is 1. The number of hydrogen-bond acceptors (Lipinski definition) is 3. The van der Waals surface area contributed by atoms with Crippen molar-refractivity contribution >= 4 is 15.9 Å². The molecule has 1 heterocycles. The second-order valence-electron chi connectivity index (χ2n) is 4.61. The molecule has 2 aromatic rings. The van der Waals surface area contributed by atoms with Crippen molar-refractivity contribution in [3.8, 4) is 5.75 Å². The monoisotopic (exact) mass is 320 g/mol. The molecule has 2 rings (SSSR count). The molecule has 0 radical (unpaired) electrons. The molecule has 0 spiro atoms. The van der Waals surface area contributed by atoms with Gasteiger partial charge in [0.05, 0.1) is 0 Å². The zero-order valence-electron chi connectivity index (χ0n) is 11.1. The van der Waals surface area contributed by atoms with Crippen LogP contribution in [-0.2, 0) is 6.61 Å². The maximum absolute atomic E-state index is 5.86. The summed E-state index contributed by atoms with van der Waals surface area (Å²) in [6, 6.07) is 8.09. The van der Waals surface area contributed by atoms with E-state index in [0.29, 0.717) is 6.61 Å². The van der Waals surface area contributed by atoms with Crippen LogP contribution in [0.2, 0.25) is 0 Å². The van der Waals surface area contributed by atoms with E-state index in [-0.39, 0.29) is 6.04 Å². The normalized spacial score (nSPS) is 12.2. The molecule has 3 nitrogen and oxygen atoms in total. The number of pyridine rings is 1. The van der Waals surface area contributed by atoms with E-state index >= 15 is 0 Å². The number of aryl methyl sites for hydroxylation is 1. The molecule has 1 aromatic carbocycles. The van der Waals surface area contributed by atoms with Crippen molar-refractivity contribution in [3.63, 3.8) is 0 Å². The lowest BCUT2D eigenvalue weighted by molar-refractivity contribution is 0.303. The third-order valence-electron chi connectivity index (χ3n) is 2.88. The van der Waals surface area contributed by atoms with Crippen LogP contribution < -0.4 is 10.5 Å². The molecule has 2 N–H and O–H groups in total. The maximum Gasteiger partial charge on any atom is 0.122 e. The maximum atomic E-state index is 5.86. The molecule has 0 saturated carbocycles. The number of hydrogen-bond donors (Lipinski definition) is 1. The molecule has 100 valence electrons. The lowest BCUT2D eigenvalue weighted by Gasteiger charge is -2.12. The number of nitrogens with two attached hydrogens (primary N) is 1. The molecule has 0 unspecified atom stereocenters. The first-order valence-corrected chi connectivity index (χ1v) is 6.94.